The molecule has 0 amide bonds. The van der Waals surface area contributed by atoms with Crippen molar-refractivity contribution in [3.8, 4) is 0 Å². The number of aliphatic hydroxyl groups excluding tert-OH is 3. The molecule has 11 nitrogen and oxygen atoms in total. The number of hydrogen-bond acceptors (Lipinski definition) is 11. The maximum atomic E-state index is 14.3. The summed E-state index contributed by atoms with van der Waals surface area (Å²) in [5.41, 5.74) is -6.88. The first-order chi connectivity index (χ1) is 21.8. The highest BCUT2D eigenvalue weighted by atomic mass is 16.7. The quantitative estimate of drug-likeness (QED) is 0.203. The number of carbonyl (C=O) groups excluding carboxylic acids is 2. The van der Waals surface area contributed by atoms with Crippen LogP contribution in [0.2, 0.25) is 0 Å². The van der Waals surface area contributed by atoms with Crippen LogP contribution in [0, 0.1) is 34.0 Å². The van der Waals surface area contributed by atoms with E-state index in [1.165, 1.54) is 19.3 Å². The van der Waals surface area contributed by atoms with E-state index in [9.17, 15) is 30.0 Å². The molecular formula is C35H42O11. The van der Waals surface area contributed by atoms with Crippen LogP contribution in [0.1, 0.15) is 46.1 Å². The molecule has 4 heterocycles. The Balaban J connectivity index is 1.26. The van der Waals surface area contributed by atoms with Crippen molar-refractivity contribution >= 4 is 17.8 Å². The normalized spacial score (nSPS) is 54.1. The van der Waals surface area contributed by atoms with Gasteiger partial charge < -0.3 is 44.1 Å². The van der Waals surface area contributed by atoms with Crippen molar-refractivity contribution in [3.63, 3.8) is 0 Å². The van der Waals surface area contributed by atoms with E-state index in [4.69, 9.17) is 23.7 Å². The molecule has 0 radical (unpaired) electrons. The molecule has 2 bridgehead atoms. The zero-order chi connectivity index (χ0) is 32.7. The Kier molecular flexibility index (Phi) is 6.33. The standard InChI is InChI=1S/C35H42O11/c1-18(37)26-31(3,35-23-14-20(32(35,4)46-35)34(41)12-13-42-29(34)45-23)28(40)25-27-30(2,17-43-25)21(38)15-22(33(26,27)16-36)44-24(39)11-10-19-8-6-5-7-9-19/h5-13,20-23,25-29,36,38,40-41H,14-17H2,1-4H3/b11-10+/t20-,21+,22-,23-,25-,26-,27-,28+,29+,30+,31+,32-,33-,34-,35-/m0/s1. The predicted molar refractivity (Wildman–Crippen MR) is 159 cm³/mol. The molecular weight excluding hydrogens is 596 g/mol. The summed E-state index contributed by atoms with van der Waals surface area (Å²) in [4.78, 5) is 27.7. The van der Waals surface area contributed by atoms with Crippen LogP contribution in [-0.4, -0.2) is 99.0 Å². The smallest absolute Gasteiger partial charge is 0.331 e. The number of ketones is 1. The van der Waals surface area contributed by atoms with Crippen molar-refractivity contribution in [3.05, 3.63) is 54.3 Å². The number of fused-ring (bicyclic) bond motifs is 7. The SMILES string of the molecule is CC(=O)[C@@H]1[C@]2(CO)[C@@H](OC(=O)/C=C/c3ccccc3)C[C@@H](O)[C@@]3(C)CO[C@H]([C@@H](O)[C@]1(C)[C@]14O[C@@]1(C)[C@@H]1C[C@@H]4O[C@H]4OC=C[C@@]41O)[C@@H]32. The number of carbonyl (C=O) groups is 2. The van der Waals surface area contributed by atoms with Crippen molar-refractivity contribution in [2.75, 3.05) is 13.2 Å². The molecule has 248 valence electrons. The van der Waals surface area contributed by atoms with Gasteiger partial charge in [-0.1, -0.05) is 44.2 Å². The van der Waals surface area contributed by atoms with Crippen molar-refractivity contribution in [1.82, 2.24) is 0 Å². The summed E-state index contributed by atoms with van der Waals surface area (Å²) in [5, 5.41) is 47.4. The number of aliphatic hydroxyl groups is 4. The van der Waals surface area contributed by atoms with E-state index in [1.54, 1.807) is 19.1 Å². The number of epoxide rings is 1. The topological polar surface area (TPSA) is 165 Å². The molecule has 4 N–H and O–H groups in total. The van der Waals surface area contributed by atoms with Crippen LogP contribution in [-0.2, 0) is 33.3 Å². The molecule has 15 atom stereocenters. The van der Waals surface area contributed by atoms with Gasteiger partial charge in [-0.3, -0.25) is 4.79 Å². The molecule has 0 unspecified atom stereocenters. The minimum absolute atomic E-state index is 0.0430. The Bertz CT molecular complexity index is 1530. The van der Waals surface area contributed by atoms with Crippen LogP contribution in [0.5, 0.6) is 0 Å². The van der Waals surface area contributed by atoms with E-state index in [1.807, 2.05) is 44.2 Å². The molecule has 11 heteroatoms. The van der Waals surface area contributed by atoms with Crippen molar-refractivity contribution in [2.45, 2.75) is 94.1 Å². The van der Waals surface area contributed by atoms with E-state index in [2.05, 4.69) is 0 Å². The minimum Gasteiger partial charge on any atom is -0.469 e. The first-order valence-electron chi connectivity index (χ1n) is 16.2. The van der Waals surface area contributed by atoms with E-state index in [-0.39, 0.29) is 18.8 Å². The summed E-state index contributed by atoms with van der Waals surface area (Å²) in [7, 11) is 0. The lowest BCUT2D eigenvalue weighted by Gasteiger charge is -2.66. The second kappa shape index (κ2) is 9.49. The van der Waals surface area contributed by atoms with E-state index in [0.717, 1.165) is 5.56 Å². The average Bonchev–Trinajstić information content (AvgIpc) is 3.24. The van der Waals surface area contributed by atoms with Crippen LogP contribution in [0.25, 0.3) is 6.08 Å². The van der Waals surface area contributed by atoms with Crippen LogP contribution < -0.4 is 0 Å². The van der Waals surface area contributed by atoms with Gasteiger partial charge in [0.1, 0.15) is 23.1 Å². The first-order valence-corrected chi connectivity index (χ1v) is 16.2. The maximum absolute atomic E-state index is 14.3. The van der Waals surface area contributed by atoms with Crippen LogP contribution >= 0.6 is 0 Å². The summed E-state index contributed by atoms with van der Waals surface area (Å²) in [5.74, 6) is -3.36. The summed E-state index contributed by atoms with van der Waals surface area (Å²) in [6.45, 7) is 6.41. The van der Waals surface area contributed by atoms with E-state index >= 15 is 0 Å². The number of rotatable bonds is 6. The van der Waals surface area contributed by atoms with E-state index in [0.29, 0.717) is 6.42 Å². The molecule has 0 aromatic heterocycles. The second-order valence-electron chi connectivity index (χ2n) is 15.2. The van der Waals surface area contributed by atoms with Gasteiger partial charge in [0.2, 0.25) is 6.29 Å². The lowest BCUT2D eigenvalue weighted by molar-refractivity contribution is -0.301. The summed E-state index contributed by atoms with van der Waals surface area (Å²) in [6.07, 6.45) is 0.265. The van der Waals surface area contributed by atoms with Gasteiger partial charge in [-0.05, 0) is 38.0 Å². The van der Waals surface area contributed by atoms with Crippen LogP contribution in [0.15, 0.2) is 48.7 Å². The van der Waals surface area contributed by atoms with Crippen molar-refractivity contribution in [2.24, 2.45) is 34.0 Å². The molecule has 0 spiro atoms. The first kappa shape index (κ1) is 30.7. The zero-order valence-corrected chi connectivity index (χ0v) is 26.4. The molecule has 3 aliphatic carbocycles. The van der Waals surface area contributed by atoms with E-state index < -0.39 is 100 Å². The van der Waals surface area contributed by atoms with Gasteiger partial charge >= 0.3 is 5.97 Å². The second-order valence-corrected chi connectivity index (χ2v) is 15.2. The lowest BCUT2D eigenvalue weighted by atomic mass is 9.37. The maximum Gasteiger partial charge on any atom is 0.331 e. The molecule has 1 aromatic carbocycles. The third-order valence-electron chi connectivity index (χ3n) is 13.4. The number of benzene rings is 1. The van der Waals surface area contributed by atoms with Gasteiger partial charge in [-0.2, -0.15) is 0 Å². The third-order valence-corrected chi connectivity index (χ3v) is 13.4. The van der Waals surface area contributed by atoms with Gasteiger partial charge in [-0.25, -0.2) is 4.79 Å². The Morgan fingerprint density at radius 3 is 2.54 bits per heavy atom. The van der Waals surface area contributed by atoms with Crippen LogP contribution in [0.3, 0.4) is 0 Å². The largest absolute Gasteiger partial charge is 0.469 e. The van der Waals surface area contributed by atoms with Gasteiger partial charge in [0, 0.05) is 46.5 Å². The molecule has 7 aliphatic rings. The Morgan fingerprint density at radius 1 is 1.11 bits per heavy atom. The summed E-state index contributed by atoms with van der Waals surface area (Å²) >= 11 is 0. The Labute approximate surface area is 267 Å². The molecule has 1 aromatic rings. The van der Waals surface area contributed by atoms with Gasteiger partial charge in [0.05, 0.1) is 43.9 Å². The highest BCUT2D eigenvalue weighted by molar-refractivity contribution is 5.87. The highest BCUT2D eigenvalue weighted by Gasteiger charge is 2.94. The zero-order valence-electron chi connectivity index (χ0n) is 26.4. The average molecular weight is 639 g/mol. The van der Waals surface area contributed by atoms with Gasteiger partial charge in [0.15, 0.2) is 5.60 Å². The minimum atomic E-state index is -1.47. The molecule has 3 saturated heterocycles. The predicted octanol–water partition coefficient (Wildman–Crippen LogP) is 1.51. The fraction of sp³-hybridized carbons (Fsp3) is 0.657. The number of ether oxygens (including phenoxy) is 5. The third kappa shape index (κ3) is 3.32. The highest BCUT2D eigenvalue weighted by Crippen LogP contribution is 2.80. The molecule has 8 rings (SSSR count). The van der Waals surface area contributed by atoms with Crippen LogP contribution in [0.4, 0.5) is 0 Å². The number of esters is 1. The number of Topliss-reactive ketones (excluding diaryl/α,β-unsaturated/α-hetero) is 1. The molecule has 46 heavy (non-hydrogen) atoms. The fourth-order valence-electron chi connectivity index (χ4n) is 11.6. The number of hydrogen-bond donors (Lipinski definition) is 4. The monoisotopic (exact) mass is 638 g/mol. The fourth-order valence-corrected chi connectivity index (χ4v) is 11.6. The summed E-state index contributed by atoms with van der Waals surface area (Å²) in [6, 6.07) is 9.24. The molecule has 4 aliphatic heterocycles. The Hall–Kier alpha value is -2.64. The lowest BCUT2D eigenvalue weighted by Crippen LogP contribution is -2.77. The van der Waals surface area contributed by atoms with Gasteiger partial charge in [0.25, 0.3) is 0 Å². The van der Waals surface area contributed by atoms with Crippen molar-refractivity contribution in [1.29, 1.82) is 0 Å². The van der Waals surface area contributed by atoms with Gasteiger partial charge in [-0.15, -0.1) is 0 Å². The molecule has 3 saturated carbocycles. The molecule has 6 fully saturated rings. The summed E-state index contributed by atoms with van der Waals surface area (Å²) < 4.78 is 31.2. The Morgan fingerprint density at radius 2 is 1.85 bits per heavy atom. The van der Waals surface area contributed by atoms with Crippen molar-refractivity contribution < 1.29 is 53.7 Å².